The summed E-state index contributed by atoms with van der Waals surface area (Å²) in [6.07, 6.45) is 0. The molecule has 34 heavy (non-hydrogen) atoms. The number of ether oxygens (including phenoxy) is 1. The van der Waals surface area contributed by atoms with E-state index >= 15 is 0 Å². The first-order valence-corrected chi connectivity index (χ1v) is 11.6. The molecule has 1 N–H and O–H groups in total. The lowest BCUT2D eigenvalue weighted by atomic mass is 10.2. The fourth-order valence-corrected chi connectivity index (χ4v) is 4.01. The van der Waals surface area contributed by atoms with E-state index in [0.717, 1.165) is 32.9 Å². The Morgan fingerprint density at radius 1 is 1.06 bits per heavy atom. The van der Waals surface area contributed by atoms with Gasteiger partial charge < -0.3 is 14.6 Å². The maximum atomic E-state index is 13.1. The van der Waals surface area contributed by atoms with Crippen molar-refractivity contribution in [1.82, 2.24) is 24.7 Å². The van der Waals surface area contributed by atoms with Crippen LogP contribution in [0, 0.1) is 41.5 Å². The van der Waals surface area contributed by atoms with Crippen LogP contribution in [-0.2, 0) is 13.3 Å². The molecule has 0 aliphatic rings. The number of carbonyl (C=O) groups excluding carboxylic acids is 1. The van der Waals surface area contributed by atoms with Crippen molar-refractivity contribution in [3.8, 4) is 5.75 Å². The predicted octanol–water partition coefficient (Wildman–Crippen LogP) is 5.02. The normalized spacial score (nSPS) is 11.1. The lowest BCUT2D eigenvalue weighted by molar-refractivity contribution is 0.101. The van der Waals surface area contributed by atoms with Gasteiger partial charge in [0.2, 0.25) is 0 Å². The summed E-state index contributed by atoms with van der Waals surface area (Å²) in [5.74, 6) is 0.882. The van der Waals surface area contributed by atoms with Gasteiger partial charge in [-0.15, -0.1) is 0 Å². The van der Waals surface area contributed by atoms with Crippen LogP contribution >= 0.6 is 15.9 Å². The summed E-state index contributed by atoms with van der Waals surface area (Å²) < 4.78 is 15.8. The Labute approximate surface area is 206 Å². The highest BCUT2D eigenvalue weighted by Gasteiger charge is 2.23. The average Bonchev–Trinajstić information content (AvgIpc) is 3.38. The van der Waals surface area contributed by atoms with Crippen molar-refractivity contribution in [2.45, 2.75) is 54.8 Å². The molecule has 0 aliphatic heterocycles. The van der Waals surface area contributed by atoms with Gasteiger partial charge in [-0.05, 0) is 75.2 Å². The van der Waals surface area contributed by atoms with Crippen LogP contribution in [0.25, 0.3) is 0 Å². The molecule has 1 aromatic carbocycles. The molecule has 0 spiro atoms. The van der Waals surface area contributed by atoms with E-state index in [1.165, 1.54) is 0 Å². The monoisotopic (exact) mass is 526 g/mol. The topological polar surface area (TPSA) is 100 Å². The lowest BCUT2D eigenvalue weighted by Gasteiger charge is -2.09. The molecule has 0 unspecified atom stereocenters. The summed E-state index contributed by atoms with van der Waals surface area (Å²) in [6, 6.07) is 7.73. The molecule has 0 atom stereocenters. The summed E-state index contributed by atoms with van der Waals surface area (Å²) in [7, 11) is 0. The van der Waals surface area contributed by atoms with Gasteiger partial charge in [-0.2, -0.15) is 10.2 Å². The van der Waals surface area contributed by atoms with Gasteiger partial charge in [-0.25, -0.2) is 9.36 Å². The van der Waals surface area contributed by atoms with Crippen LogP contribution in [0.1, 0.15) is 50.2 Å². The standard InChI is InChI=1S/C24H27BrN6O3/c1-13-8-7-9-19(10-13)33-11-20-18(6)34-29-23(20)24(32)26-22-15(3)28-31(17(22)5)12-30-16(4)21(25)14(2)27-30/h7-10H,11-12H2,1-6H3,(H,26,32). The highest BCUT2D eigenvalue weighted by molar-refractivity contribution is 9.10. The van der Waals surface area contributed by atoms with E-state index in [9.17, 15) is 4.79 Å². The highest BCUT2D eigenvalue weighted by Crippen LogP contribution is 2.24. The molecule has 0 saturated carbocycles. The molecule has 0 bridgehead atoms. The number of aromatic nitrogens is 5. The summed E-state index contributed by atoms with van der Waals surface area (Å²) in [4.78, 5) is 13.1. The predicted molar refractivity (Wildman–Crippen MR) is 131 cm³/mol. The van der Waals surface area contributed by atoms with Crippen LogP contribution < -0.4 is 10.1 Å². The molecule has 9 nitrogen and oxygen atoms in total. The number of benzene rings is 1. The number of aryl methyl sites for hydroxylation is 4. The Morgan fingerprint density at radius 2 is 1.76 bits per heavy atom. The fraction of sp³-hybridized carbons (Fsp3) is 0.333. The molecular weight excluding hydrogens is 500 g/mol. The number of hydrogen-bond acceptors (Lipinski definition) is 6. The van der Waals surface area contributed by atoms with Gasteiger partial charge in [0.1, 0.15) is 24.8 Å². The molecule has 3 aromatic heterocycles. The summed E-state index contributed by atoms with van der Waals surface area (Å²) in [5, 5.41) is 16.1. The maximum Gasteiger partial charge on any atom is 0.278 e. The second-order valence-electron chi connectivity index (χ2n) is 8.30. The van der Waals surface area contributed by atoms with E-state index in [-0.39, 0.29) is 18.2 Å². The average molecular weight is 527 g/mol. The minimum atomic E-state index is -0.376. The maximum absolute atomic E-state index is 13.1. The van der Waals surface area contributed by atoms with Gasteiger partial charge in [0.25, 0.3) is 5.91 Å². The van der Waals surface area contributed by atoms with E-state index in [1.54, 1.807) is 6.92 Å². The molecule has 0 aliphatic carbocycles. The Balaban J connectivity index is 1.53. The first kappa shape index (κ1) is 23.7. The van der Waals surface area contributed by atoms with Crippen molar-refractivity contribution >= 4 is 27.5 Å². The first-order chi connectivity index (χ1) is 16.2. The molecule has 4 rings (SSSR count). The van der Waals surface area contributed by atoms with Crippen LogP contribution in [0.4, 0.5) is 5.69 Å². The molecule has 10 heteroatoms. The summed E-state index contributed by atoms with van der Waals surface area (Å²) in [5.41, 5.74) is 5.95. The minimum absolute atomic E-state index is 0.172. The van der Waals surface area contributed by atoms with Crippen LogP contribution in [0.3, 0.4) is 0 Å². The van der Waals surface area contributed by atoms with Crippen LogP contribution in [0.2, 0.25) is 0 Å². The molecule has 0 radical (unpaired) electrons. The second-order valence-corrected chi connectivity index (χ2v) is 9.09. The third-order valence-corrected chi connectivity index (χ3v) is 6.90. The van der Waals surface area contributed by atoms with Crippen molar-refractivity contribution < 1.29 is 14.1 Å². The second kappa shape index (κ2) is 9.46. The van der Waals surface area contributed by atoms with Gasteiger partial charge in [0, 0.05) is 0 Å². The largest absolute Gasteiger partial charge is 0.489 e. The highest BCUT2D eigenvalue weighted by atomic mass is 79.9. The smallest absolute Gasteiger partial charge is 0.278 e. The van der Waals surface area contributed by atoms with E-state index in [0.29, 0.717) is 29.4 Å². The number of amides is 1. The zero-order chi connectivity index (χ0) is 24.6. The van der Waals surface area contributed by atoms with Gasteiger partial charge in [-0.3, -0.25) is 4.79 Å². The number of hydrogen-bond donors (Lipinski definition) is 1. The zero-order valence-electron chi connectivity index (χ0n) is 20.1. The van der Waals surface area contributed by atoms with Gasteiger partial charge in [0.15, 0.2) is 5.69 Å². The zero-order valence-corrected chi connectivity index (χ0v) is 21.6. The van der Waals surface area contributed by atoms with Gasteiger partial charge in [-0.1, -0.05) is 17.3 Å². The number of halogens is 1. The Morgan fingerprint density at radius 3 is 2.44 bits per heavy atom. The summed E-state index contributed by atoms with van der Waals surface area (Å²) in [6.45, 7) is 12.1. The molecular formula is C24H27BrN6O3. The van der Waals surface area contributed by atoms with E-state index < -0.39 is 0 Å². The third kappa shape index (κ3) is 4.63. The quantitative estimate of drug-likeness (QED) is 0.363. The lowest BCUT2D eigenvalue weighted by Crippen LogP contribution is -2.17. The molecule has 4 aromatic rings. The van der Waals surface area contributed by atoms with Crippen molar-refractivity contribution in [2.24, 2.45) is 0 Å². The van der Waals surface area contributed by atoms with E-state index in [1.807, 2.05) is 68.2 Å². The van der Waals surface area contributed by atoms with E-state index in [2.05, 4.69) is 36.6 Å². The third-order valence-electron chi connectivity index (χ3n) is 5.75. The van der Waals surface area contributed by atoms with Crippen LogP contribution in [0.15, 0.2) is 33.3 Å². The molecule has 1 amide bonds. The van der Waals surface area contributed by atoms with Gasteiger partial charge >= 0.3 is 0 Å². The summed E-state index contributed by atoms with van der Waals surface area (Å²) >= 11 is 3.55. The first-order valence-electron chi connectivity index (χ1n) is 10.8. The van der Waals surface area contributed by atoms with E-state index in [4.69, 9.17) is 9.26 Å². The van der Waals surface area contributed by atoms with Crippen LogP contribution in [0.5, 0.6) is 5.75 Å². The SMILES string of the molecule is Cc1cccc(OCc2c(C(=O)Nc3c(C)nn(Cn4nc(C)c(Br)c4C)c3C)noc2C)c1. The van der Waals surface area contributed by atoms with Crippen LogP contribution in [-0.4, -0.2) is 30.6 Å². The number of nitrogens with one attached hydrogen (secondary N) is 1. The van der Waals surface area contributed by atoms with Crippen molar-refractivity contribution in [3.63, 3.8) is 0 Å². The number of rotatable bonds is 7. The molecule has 0 fully saturated rings. The Bertz CT molecular complexity index is 1370. The Kier molecular flexibility index (Phi) is 6.60. The molecule has 3 heterocycles. The number of nitrogens with zero attached hydrogens (tertiary/aromatic N) is 5. The molecule has 0 saturated heterocycles. The number of anilines is 1. The molecule has 178 valence electrons. The fourth-order valence-electron chi connectivity index (χ4n) is 3.73. The van der Waals surface area contributed by atoms with Gasteiger partial charge in [0.05, 0.1) is 38.5 Å². The number of carbonyl (C=O) groups is 1. The minimum Gasteiger partial charge on any atom is -0.489 e. The Hall–Kier alpha value is -3.40. The van der Waals surface area contributed by atoms with Crippen molar-refractivity contribution in [2.75, 3.05) is 5.32 Å². The van der Waals surface area contributed by atoms with Crippen molar-refractivity contribution in [1.29, 1.82) is 0 Å². The van der Waals surface area contributed by atoms with Crippen molar-refractivity contribution in [3.05, 3.63) is 74.1 Å².